The third-order valence-electron chi connectivity index (χ3n) is 2.17. The van der Waals surface area contributed by atoms with E-state index in [1.54, 1.807) is 6.20 Å². The number of halogens is 3. The van der Waals surface area contributed by atoms with Gasteiger partial charge in [0, 0.05) is 18.9 Å². The van der Waals surface area contributed by atoms with Crippen LogP contribution in [-0.2, 0) is 4.74 Å². The summed E-state index contributed by atoms with van der Waals surface area (Å²) < 4.78 is 41.6. The Balaban J connectivity index is 1.89. The molecule has 11 heteroatoms. The lowest BCUT2D eigenvalue weighted by Gasteiger charge is -2.09. The molecule has 21 heavy (non-hydrogen) atoms. The van der Waals surface area contributed by atoms with Gasteiger partial charge in [0.05, 0.1) is 6.61 Å². The minimum absolute atomic E-state index is 0.0209. The highest BCUT2D eigenvalue weighted by Gasteiger charge is 2.27. The van der Waals surface area contributed by atoms with Crippen LogP contribution in [-0.4, -0.2) is 50.4 Å². The third kappa shape index (κ3) is 4.87. The molecule has 2 aromatic rings. The van der Waals surface area contributed by atoms with Crippen molar-refractivity contribution in [1.29, 1.82) is 0 Å². The number of hydrogen-bond acceptors (Lipinski definition) is 7. The first kappa shape index (κ1) is 15.0. The molecule has 3 N–H and O–H groups in total. The van der Waals surface area contributed by atoms with Gasteiger partial charge in [-0.1, -0.05) is 0 Å². The van der Waals surface area contributed by atoms with E-state index in [1.807, 2.05) is 0 Å². The predicted molar refractivity (Wildman–Crippen MR) is 66.7 cm³/mol. The first-order chi connectivity index (χ1) is 9.94. The maximum atomic E-state index is 11.9. The zero-order chi connectivity index (χ0) is 15.3. The van der Waals surface area contributed by atoms with E-state index in [4.69, 9.17) is 5.73 Å². The van der Waals surface area contributed by atoms with Gasteiger partial charge in [-0.2, -0.15) is 28.1 Å². The number of nitrogen functional groups attached to an aromatic ring is 1. The molecule has 0 aliphatic rings. The highest BCUT2D eigenvalue weighted by atomic mass is 19.4. The summed E-state index contributed by atoms with van der Waals surface area (Å²) >= 11 is 0. The van der Waals surface area contributed by atoms with Crippen LogP contribution in [0.25, 0.3) is 5.95 Å². The molecule has 8 nitrogen and oxygen atoms in total. The van der Waals surface area contributed by atoms with Crippen LogP contribution in [0.4, 0.5) is 25.1 Å². The molecule has 0 aliphatic carbocycles. The first-order valence-electron chi connectivity index (χ1n) is 5.82. The second-order valence-electron chi connectivity index (χ2n) is 3.88. The molecule has 0 aromatic carbocycles. The van der Waals surface area contributed by atoms with Crippen LogP contribution in [0.15, 0.2) is 18.7 Å². The van der Waals surface area contributed by atoms with Crippen LogP contribution < -0.4 is 11.1 Å². The van der Waals surface area contributed by atoms with E-state index < -0.39 is 12.8 Å². The fourth-order valence-electron chi connectivity index (χ4n) is 1.38. The lowest BCUT2D eigenvalue weighted by Crippen LogP contribution is -2.20. The molecule has 0 aliphatic heterocycles. The van der Waals surface area contributed by atoms with E-state index in [0.717, 1.165) is 0 Å². The van der Waals surface area contributed by atoms with Gasteiger partial charge in [0.2, 0.25) is 17.8 Å². The van der Waals surface area contributed by atoms with Crippen molar-refractivity contribution in [3.63, 3.8) is 0 Å². The monoisotopic (exact) mass is 303 g/mol. The molecule has 0 atom stereocenters. The summed E-state index contributed by atoms with van der Waals surface area (Å²) in [4.78, 5) is 15.6. The number of alkyl halides is 3. The Hall–Kier alpha value is -2.43. The maximum absolute atomic E-state index is 11.9. The number of imidazole rings is 1. The Kier molecular flexibility index (Phi) is 4.52. The number of anilines is 2. The molecule has 0 amide bonds. The zero-order valence-electron chi connectivity index (χ0n) is 10.7. The average Bonchev–Trinajstić information content (AvgIpc) is 2.90. The second kappa shape index (κ2) is 6.35. The first-order valence-corrected chi connectivity index (χ1v) is 5.82. The third-order valence-corrected chi connectivity index (χ3v) is 2.17. The molecule has 2 heterocycles. The molecule has 0 radical (unpaired) electrons. The normalized spacial score (nSPS) is 11.6. The molecule has 0 spiro atoms. The summed E-state index contributed by atoms with van der Waals surface area (Å²) in [7, 11) is 0. The Morgan fingerprint density at radius 2 is 2.10 bits per heavy atom. The molecule has 2 aromatic heterocycles. The molecular formula is C10H12F3N7O. The Morgan fingerprint density at radius 3 is 2.76 bits per heavy atom. The number of hydrogen-bond donors (Lipinski definition) is 2. The summed E-state index contributed by atoms with van der Waals surface area (Å²) in [5.74, 6) is 0.368. The summed E-state index contributed by atoms with van der Waals surface area (Å²) in [6.07, 6.45) is 0.292. The fraction of sp³-hybridized carbons (Fsp3) is 0.400. The second-order valence-corrected chi connectivity index (χ2v) is 3.88. The van der Waals surface area contributed by atoms with Crippen molar-refractivity contribution in [2.75, 3.05) is 30.8 Å². The van der Waals surface area contributed by atoms with E-state index >= 15 is 0 Å². The van der Waals surface area contributed by atoms with Gasteiger partial charge in [-0.05, 0) is 0 Å². The topological polar surface area (TPSA) is 104 Å². The van der Waals surface area contributed by atoms with Crippen molar-refractivity contribution in [2.45, 2.75) is 6.18 Å². The zero-order valence-corrected chi connectivity index (χ0v) is 10.7. The number of nitrogens with one attached hydrogen (secondary N) is 1. The van der Waals surface area contributed by atoms with Gasteiger partial charge in [-0.25, -0.2) is 4.98 Å². The van der Waals surface area contributed by atoms with Gasteiger partial charge in [0.15, 0.2) is 0 Å². The van der Waals surface area contributed by atoms with Gasteiger partial charge in [0.25, 0.3) is 0 Å². The predicted octanol–water partition coefficient (Wildman–Crippen LogP) is 0.630. The van der Waals surface area contributed by atoms with Crippen molar-refractivity contribution in [2.24, 2.45) is 0 Å². The van der Waals surface area contributed by atoms with E-state index in [9.17, 15) is 13.2 Å². The van der Waals surface area contributed by atoms with E-state index in [-0.39, 0.29) is 31.0 Å². The highest BCUT2D eigenvalue weighted by Crippen LogP contribution is 2.14. The molecular weight excluding hydrogens is 291 g/mol. The molecule has 2 rings (SSSR count). The van der Waals surface area contributed by atoms with Crippen molar-refractivity contribution in [1.82, 2.24) is 24.5 Å². The van der Waals surface area contributed by atoms with E-state index in [2.05, 4.69) is 30.0 Å². The number of nitrogens with zero attached hydrogens (tertiary/aromatic N) is 5. The maximum Gasteiger partial charge on any atom is 0.411 e. The van der Waals surface area contributed by atoms with E-state index in [1.165, 1.54) is 17.1 Å². The summed E-state index contributed by atoms with van der Waals surface area (Å²) in [6, 6.07) is 0. The smallest absolute Gasteiger partial charge is 0.370 e. The van der Waals surface area contributed by atoms with Gasteiger partial charge >= 0.3 is 6.18 Å². The molecule has 0 bridgehead atoms. The molecule has 0 unspecified atom stereocenters. The number of nitrogens with two attached hydrogens (primary N) is 1. The lowest BCUT2D eigenvalue weighted by atomic mass is 10.6. The van der Waals surface area contributed by atoms with Crippen LogP contribution in [0.1, 0.15) is 0 Å². The molecule has 0 fully saturated rings. The van der Waals surface area contributed by atoms with Crippen molar-refractivity contribution in [3.8, 4) is 5.95 Å². The molecule has 0 saturated carbocycles. The standard InChI is InChI=1S/C10H12F3N7O/c11-10(12,13)5-21-4-2-16-8-17-7(14)18-9(19-8)20-3-1-15-6-20/h1,3,6H,2,4-5H2,(H3,14,16,17,18,19). The van der Waals surface area contributed by atoms with Crippen LogP contribution in [0.5, 0.6) is 0 Å². The van der Waals surface area contributed by atoms with Crippen LogP contribution in [0.2, 0.25) is 0 Å². The van der Waals surface area contributed by atoms with Crippen LogP contribution in [0.3, 0.4) is 0 Å². The van der Waals surface area contributed by atoms with Crippen molar-refractivity contribution < 1.29 is 17.9 Å². The fourth-order valence-corrected chi connectivity index (χ4v) is 1.38. The SMILES string of the molecule is Nc1nc(NCCOCC(F)(F)F)nc(-n2ccnc2)n1. The largest absolute Gasteiger partial charge is 0.411 e. The summed E-state index contributed by atoms with van der Waals surface area (Å²) in [6.45, 7) is -1.34. The van der Waals surface area contributed by atoms with Gasteiger partial charge in [-0.3, -0.25) is 4.57 Å². The average molecular weight is 303 g/mol. The van der Waals surface area contributed by atoms with Gasteiger partial charge in [-0.15, -0.1) is 0 Å². The number of aromatic nitrogens is 5. The van der Waals surface area contributed by atoms with Crippen LogP contribution in [0, 0.1) is 0 Å². The quantitative estimate of drug-likeness (QED) is 0.754. The highest BCUT2D eigenvalue weighted by molar-refractivity contribution is 5.34. The van der Waals surface area contributed by atoms with Gasteiger partial charge in [0.1, 0.15) is 12.9 Å². The summed E-state index contributed by atoms with van der Waals surface area (Å²) in [5.41, 5.74) is 5.54. The summed E-state index contributed by atoms with van der Waals surface area (Å²) in [5, 5.41) is 2.71. The van der Waals surface area contributed by atoms with Gasteiger partial charge < -0.3 is 15.8 Å². The van der Waals surface area contributed by atoms with E-state index in [0.29, 0.717) is 0 Å². The Bertz CT molecular complexity index is 573. The molecule has 114 valence electrons. The minimum atomic E-state index is -4.34. The minimum Gasteiger partial charge on any atom is -0.370 e. The van der Waals surface area contributed by atoms with Crippen LogP contribution >= 0.6 is 0 Å². The lowest BCUT2D eigenvalue weighted by molar-refractivity contribution is -0.172. The molecule has 0 saturated heterocycles. The number of rotatable bonds is 6. The Morgan fingerprint density at radius 1 is 1.29 bits per heavy atom. The van der Waals surface area contributed by atoms with Crippen molar-refractivity contribution >= 4 is 11.9 Å². The Labute approximate surface area is 117 Å². The number of ether oxygens (including phenoxy) is 1. The van der Waals surface area contributed by atoms with Crippen molar-refractivity contribution in [3.05, 3.63) is 18.7 Å².